The quantitative estimate of drug-likeness (QED) is 0.321. The highest BCUT2D eigenvalue weighted by molar-refractivity contribution is 7.27. The van der Waals surface area contributed by atoms with Gasteiger partial charge in [0, 0.05) is 0 Å². The van der Waals surface area contributed by atoms with Gasteiger partial charge in [0.05, 0.1) is 0 Å². The summed E-state index contributed by atoms with van der Waals surface area (Å²) in [5, 5.41) is 1.44. The fourth-order valence-electron chi connectivity index (χ4n) is 2.46. The summed E-state index contributed by atoms with van der Waals surface area (Å²) >= 11 is 7.08. The summed E-state index contributed by atoms with van der Waals surface area (Å²) in [5.41, 5.74) is 0. The van der Waals surface area contributed by atoms with Crippen LogP contribution in [-0.2, 0) is 0 Å². The molecule has 0 spiro atoms. The van der Waals surface area contributed by atoms with Crippen molar-refractivity contribution in [2.75, 3.05) is 0 Å². The highest BCUT2D eigenvalue weighted by atomic mass is 35.6. The molecule has 0 heterocycles. The molecule has 0 N–H and O–H groups in total. The van der Waals surface area contributed by atoms with Gasteiger partial charge in [-0.25, -0.2) is 0 Å². The highest BCUT2D eigenvalue weighted by Crippen LogP contribution is 2.26. The fourth-order valence-corrected chi connectivity index (χ4v) is 6.88. The molecule has 18 heavy (non-hydrogen) atoms. The van der Waals surface area contributed by atoms with Gasteiger partial charge in [-0.2, -0.15) is 11.1 Å². The Labute approximate surface area is 118 Å². The molecule has 0 aliphatic carbocycles. The standard InChI is InChI=1S/C16H27ClSi/c1-3-5-10-14-18(17,15-11-6-4-2)16-12-8-7-9-13-16/h7-9,12-13H,3-6,10-11,14-15H2,1-2H3. The van der Waals surface area contributed by atoms with Gasteiger partial charge < -0.3 is 0 Å². The van der Waals surface area contributed by atoms with Crippen LogP contribution in [0, 0.1) is 0 Å². The molecule has 1 rings (SSSR count). The maximum absolute atomic E-state index is 7.08. The predicted molar refractivity (Wildman–Crippen MR) is 86.3 cm³/mol. The normalized spacial score (nSPS) is 11.7. The molecule has 0 aliphatic heterocycles. The van der Waals surface area contributed by atoms with Crippen molar-refractivity contribution >= 4 is 23.6 Å². The summed E-state index contributed by atoms with van der Waals surface area (Å²) in [6, 6.07) is 13.4. The number of hydrogen-bond donors (Lipinski definition) is 0. The second kappa shape index (κ2) is 8.76. The van der Waals surface area contributed by atoms with E-state index in [-0.39, 0.29) is 0 Å². The number of unbranched alkanes of at least 4 members (excludes halogenated alkanes) is 4. The third-order valence-electron chi connectivity index (χ3n) is 3.64. The predicted octanol–water partition coefficient (Wildman–Crippen LogP) is 5.46. The van der Waals surface area contributed by atoms with Gasteiger partial charge in [-0.05, 0) is 17.3 Å². The fraction of sp³-hybridized carbons (Fsp3) is 0.625. The van der Waals surface area contributed by atoms with E-state index in [1.54, 1.807) is 0 Å². The van der Waals surface area contributed by atoms with Gasteiger partial charge in [-0.15, -0.1) is 0 Å². The van der Waals surface area contributed by atoms with E-state index < -0.39 is 7.38 Å². The van der Waals surface area contributed by atoms with Crippen LogP contribution in [0.4, 0.5) is 0 Å². The van der Waals surface area contributed by atoms with Crippen molar-refractivity contribution < 1.29 is 0 Å². The van der Waals surface area contributed by atoms with Crippen molar-refractivity contribution in [3.05, 3.63) is 30.3 Å². The molecule has 0 bridgehead atoms. The largest absolute Gasteiger partial charge is 0.186 e. The van der Waals surface area contributed by atoms with E-state index in [9.17, 15) is 0 Å². The van der Waals surface area contributed by atoms with Crippen LogP contribution in [0.15, 0.2) is 30.3 Å². The summed E-state index contributed by atoms with van der Waals surface area (Å²) in [4.78, 5) is 0. The molecule has 0 unspecified atom stereocenters. The third kappa shape index (κ3) is 5.15. The molecule has 0 aromatic heterocycles. The first-order chi connectivity index (χ1) is 8.73. The van der Waals surface area contributed by atoms with Gasteiger partial charge in [0.15, 0.2) is 7.38 Å². The number of benzene rings is 1. The molecule has 0 saturated carbocycles. The molecule has 0 saturated heterocycles. The Bertz CT molecular complexity index is 300. The minimum atomic E-state index is -1.73. The molecule has 0 nitrogen and oxygen atoms in total. The van der Waals surface area contributed by atoms with Crippen molar-refractivity contribution in [3.63, 3.8) is 0 Å². The van der Waals surface area contributed by atoms with E-state index >= 15 is 0 Å². The van der Waals surface area contributed by atoms with Crippen LogP contribution in [0.3, 0.4) is 0 Å². The van der Waals surface area contributed by atoms with Crippen LogP contribution in [0.25, 0.3) is 0 Å². The number of rotatable bonds is 9. The van der Waals surface area contributed by atoms with Crippen LogP contribution < -0.4 is 5.19 Å². The van der Waals surface area contributed by atoms with E-state index in [1.807, 2.05) is 0 Å². The Morgan fingerprint density at radius 1 is 0.833 bits per heavy atom. The lowest BCUT2D eigenvalue weighted by molar-refractivity contribution is 0.746. The second-order valence-electron chi connectivity index (χ2n) is 5.25. The highest BCUT2D eigenvalue weighted by Gasteiger charge is 2.31. The van der Waals surface area contributed by atoms with Crippen molar-refractivity contribution in [2.45, 2.75) is 64.5 Å². The van der Waals surface area contributed by atoms with Crippen molar-refractivity contribution in [3.8, 4) is 0 Å². The lowest BCUT2D eigenvalue weighted by Gasteiger charge is -2.25. The zero-order valence-electron chi connectivity index (χ0n) is 11.9. The van der Waals surface area contributed by atoms with E-state index in [0.29, 0.717) is 0 Å². The summed E-state index contributed by atoms with van der Waals surface area (Å²) in [6.45, 7) is 4.52. The van der Waals surface area contributed by atoms with Crippen molar-refractivity contribution in [2.24, 2.45) is 0 Å². The summed E-state index contributed by atoms with van der Waals surface area (Å²) in [7, 11) is -1.73. The third-order valence-corrected chi connectivity index (χ3v) is 9.09. The Hall–Kier alpha value is -0.273. The summed E-state index contributed by atoms with van der Waals surface area (Å²) < 4.78 is 0. The monoisotopic (exact) mass is 282 g/mol. The van der Waals surface area contributed by atoms with Crippen LogP contribution in [0.1, 0.15) is 52.4 Å². The van der Waals surface area contributed by atoms with E-state index in [1.165, 1.54) is 55.8 Å². The molecule has 1 aromatic carbocycles. The Morgan fingerprint density at radius 3 is 1.78 bits per heavy atom. The van der Waals surface area contributed by atoms with Crippen molar-refractivity contribution in [1.82, 2.24) is 0 Å². The molecule has 0 atom stereocenters. The molecule has 2 heteroatoms. The summed E-state index contributed by atoms with van der Waals surface area (Å²) in [6.07, 6.45) is 7.81. The zero-order chi connectivity index (χ0) is 13.3. The first-order valence-corrected chi connectivity index (χ1v) is 10.9. The summed E-state index contributed by atoms with van der Waals surface area (Å²) in [5.74, 6) is 0. The van der Waals surface area contributed by atoms with E-state index in [0.717, 1.165) is 0 Å². The van der Waals surface area contributed by atoms with Crippen molar-refractivity contribution in [1.29, 1.82) is 0 Å². The molecule has 0 amide bonds. The topological polar surface area (TPSA) is 0 Å². The maximum Gasteiger partial charge on any atom is 0.186 e. The molecule has 0 aliphatic rings. The molecular formula is C16H27ClSi. The van der Waals surface area contributed by atoms with Gasteiger partial charge in [-0.1, -0.05) is 82.7 Å². The number of halogens is 1. The van der Waals surface area contributed by atoms with Gasteiger partial charge in [0.25, 0.3) is 0 Å². The van der Waals surface area contributed by atoms with Gasteiger partial charge in [-0.3, -0.25) is 0 Å². The number of hydrogen-bond acceptors (Lipinski definition) is 0. The SMILES string of the molecule is CCCCC[Si](Cl)(CCCCC)c1ccccc1. The van der Waals surface area contributed by atoms with E-state index in [4.69, 9.17) is 11.1 Å². The molecule has 102 valence electrons. The average Bonchev–Trinajstić information content (AvgIpc) is 2.40. The maximum atomic E-state index is 7.08. The average molecular weight is 283 g/mol. The van der Waals surface area contributed by atoms with Gasteiger partial charge in [0.2, 0.25) is 0 Å². The minimum Gasteiger partial charge on any atom is -0.161 e. The molecule has 1 aromatic rings. The van der Waals surface area contributed by atoms with Crippen LogP contribution in [0.5, 0.6) is 0 Å². The molecular weight excluding hydrogens is 256 g/mol. The van der Waals surface area contributed by atoms with E-state index in [2.05, 4.69) is 44.2 Å². The lowest BCUT2D eigenvalue weighted by atomic mass is 10.3. The Balaban J connectivity index is 2.67. The Morgan fingerprint density at radius 2 is 1.33 bits per heavy atom. The Kier molecular flexibility index (Phi) is 7.68. The van der Waals surface area contributed by atoms with Gasteiger partial charge >= 0.3 is 0 Å². The lowest BCUT2D eigenvalue weighted by Crippen LogP contribution is -2.41. The smallest absolute Gasteiger partial charge is 0.161 e. The minimum absolute atomic E-state index is 1.25. The van der Waals surface area contributed by atoms with Crippen LogP contribution in [0.2, 0.25) is 12.1 Å². The first kappa shape index (κ1) is 15.8. The molecule has 0 fully saturated rings. The first-order valence-electron chi connectivity index (χ1n) is 7.47. The van der Waals surface area contributed by atoms with Crippen LogP contribution in [-0.4, -0.2) is 7.38 Å². The van der Waals surface area contributed by atoms with Crippen LogP contribution >= 0.6 is 11.1 Å². The second-order valence-corrected chi connectivity index (χ2v) is 10.9. The molecule has 0 radical (unpaired) electrons. The zero-order valence-corrected chi connectivity index (χ0v) is 13.7. The van der Waals surface area contributed by atoms with Gasteiger partial charge in [0.1, 0.15) is 0 Å².